The number of carbonyl (C=O) groups is 1. The van der Waals surface area contributed by atoms with E-state index in [-0.39, 0.29) is 45.8 Å². The van der Waals surface area contributed by atoms with Gasteiger partial charge in [0.25, 0.3) is 0 Å². The van der Waals surface area contributed by atoms with Crippen LogP contribution in [0.25, 0.3) is 11.3 Å². The first-order valence-corrected chi connectivity index (χ1v) is 16.2. The summed E-state index contributed by atoms with van der Waals surface area (Å²) < 4.78 is 49.0. The van der Waals surface area contributed by atoms with E-state index in [4.69, 9.17) is 16.6 Å². The fourth-order valence-corrected chi connectivity index (χ4v) is 7.24. The molecular formula is C32H36ClFN6O3S. The molecule has 5 rings (SSSR count). The molecule has 9 nitrogen and oxygen atoms in total. The molecule has 0 unspecified atom stereocenters. The number of nitrogens with zero attached hydrogens (tertiary/aromatic N) is 6. The average molecular weight is 639 g/mol. The fourth-order valence-electron chi connectivity index (χ4n) is 5.71. The van der Waals surface area contributed by atoms with Crippen molar-refractivity contribution in [1.82, 2.24) is 19.7 Å². The summed E-state index contributed by atoms with van der Waals surface area (Å²) in [5.41, 5.74) is 2.90. The van der Waals surface area contributed by atoms with Crippen molar-refractivity contribution >= 4 is 45.1 Å². The third-order valence-electron chi connectivity index (χ3n) is 7.77. The number of aromatic nitrogens is 1. The highest BCUT2D eigenvalue weighted by Crippen LogP contribution is 2.43. The third kappa shape index (κ3) is 5.96. The Labute approximate surface area is 263 Å². The van der Waals surface area contributed by atoms with Crippen molar-refractivity contribution in [3.05, 3.63) is 88.7 Å². The van der Waals surface area contributed by atoms with Crippen molar-refractivity contribution < 1.29 is 17.6 Å². The molecule has 2 aromatic carbocycles. The number of amides is 1. The van der Waals surface area contributed by atoms with Crippen LogP contribution < -0.4 is 4.31 Å². The van der Waals surface area contributed by atoms with Gasteiger partial charge in [0, 0.05) is 37.8 Å². The summed E-state index contributed by atoms with van der Waals surface area (Å²) in [4.78, 5) is 22.6. The summed E-state index contributed by atoms with van der Waals surface area (Å²) >= 11 is 6.77. The van der Waals surface area contributed by atoms with Gasteiger partial charge in [0.05, 0.1) is 22.0 Å². The molecule has 12 heteroatoms. The van der Waals surface area contributed by atoms with Gasteiger partial charge in [-0.3, -0.25) is 4.79 Å². The van der Waals surface area contributed by atoms with Crippen molar-refractivity contribution in [3.8, 4) is 11.3 Å². The molecule has 1 saturated heterocycles. The van der Waals surface area contributed by atoms with Crippen LogP contribution in [0.2, 0.25) is 5.02 Å². The van der Waals surface area contributed by atoms with Crippen LogP contribution in [0.3, 0.4) is 0 Å². The average Bonchev–Trinajstić information content (AvgIpc) is 2.96. The van der Waals surface area contributed by atoms with Crippen LogP contribution in [0.4, 0.5) is 15.9 Å². The van der Waals surface area contributed by atoms with E-state index in [0.29, 0.717) is 37.4 Å². The highest BCUT2D eigenvalue weighted by atomic mass is 35.5. The van der Waals surface area contributed by atoms with Gasteiger partial charge in [-0.05, 0) is 68.4 Å². The van der Waals surface area contributed by atoms with Crippen LogP contribution in [0, 0.1) is 5.82 Å². The zero-order chi connectivity index (χ0) is 31.9. The summed E-state index contributed by atoms with van der Waals surface area (Å²) in [6, 6.07) is 13.1. The lowest BCUT2D eigenvalue weighted by Gasteiger charge is -2.43. The van der Waals surface area contributed by atoms with Crippen LogP contribution in [0.15, 0.2) is 65.6 Å². The molecule has 3 heterocycles. The highest BCUT2D eigenvalue weighted by molar-refractivity contribution is 7.92. The Morgan fingerprint density at radius 3 is 2.52 bits per heavy atom. The summed E-state index contributed by atoms with van der Waals surface area (Å²) in [7, 11) is -0.450. The van der Waals surface area contributed by atoms with E-state index in [9.17, 15) is 13.2 Å². The number of carbonyl (C=O) groups excluding carboxylic acids is 1. The van der Waals surface area contributed by atoms with Gasteiger partial charge < -0.3 is 14.7 Å². The molecule has 0 saturated carbocycles. The highest BCUT2D eigenvalue weighted by Gasteiger charge is 2.40. The summed E-state index contributed by atoms with van der Waals surface area (Å²) in [6.45, 7) is 11.2. The van der Waals surface area contributed by atoms with Gasteiger partial charge in [0.1, 0.15) is 5.82 Å². The fraction of sp³-hybridized carbons (Fsp3) is 0.344. The zero-order valence-electron chi connectivity index (χ0n) is 25.5. The second kappa shape index (κ2) is 12.3. The standard InChI is InChI=1S/C32H36ClFN6O3S/c1-7-29(41)38-14-15-39(21(4)18-38)32-25-17-26(33)30(23-10-8-9-11-27(23)34)35-31(25)40(44(42,43)36-32)28-13-12-22(19-37(5)6)16-24(28)20(2)3/h7-13,16-17,20-21H,1,14-15,18-19H2,2-6H3/t21-/m0/s1. The van der Waals surface area contributed by atoms with Crippen LogP contribution in [0.5, 0.6) is 0 Å². The van der Waals surface area contributed by atoms with Gasteiger partial charge in [-0.2, -0.15) is 8.42 Å². The third-order valence-corrected chi connectivity index (χ3v) is 9.29. The second-order valence-electron chi connectivity index (χ2n) is 11.6. The summed E-state index contributed by atoms with van der Waals surface area (Å²) in [6.07, 6.45) is 1.27. The Hall–Kier alpha value is -3.80. The molecule has 2 aliphatic heterocycles. The lowest BCUT2D eigenvalue weighted by Crippen LogP contribution is -2.56. The van der Waals surface area contributed by atoms with Crippen molar-refractivity contribution in [2.75, 3.05) is 38.0 Å². The Kier molecular flexibility index (Phi) is 8.84. The van der Waals surface area contributed by atoms with Gasteiger partial charge in [-0.25, -0.2) is 13.7 Å². The minimum atomic E-state index is -4.39. The van der Waals surface area contributed by atoms with E-state index >= 15 is 4.39 Å². The topological polar surface area (TPSA) is 89.4 Å². The van der Waals surface area contributed by atoms with Crippen LogP contribution in [-0.4, -0.2) is 79.6 Å². The number of pyridine rings is 1. The number of fused-ring (bicyclic) bond motifs is 1. The molecule has 1 fully saturated rings. The van der Waals surface area contributed by atoms with Gasteiger partial charge in [0.15, 0.2) is 11.7 Å². The Balaban J connectivity index is 1.73. The normalized spacial score (nSPS) is 18.0. The lowest BCUT2D eigenvalue weighted by atomic mass is 9.98. The molecule has 2 aliphatic rings. The number of hydrogen-bond acceptors (Lipinski definition) is 6. The smallest absolute Gasteiger partial charge is 0.349 e. The van der Waals surface area contributed by atoms with Crippen molar-refractivity contribution in [2.45, 2.75) is 39.3 Å². The van der Waals surface area contributed by atoms with Gasteiger partial charge in [-0.1, -0.05) is 56.3 Å². The monoisotopic (exact) mass is 638 g/mol. The van der Waals surface area contributed by atoms with Crippen LogP contribution in [0.1, 0.15) is 43.4 Å². The summed E-state index contributed by atoms with van der Waals surface area (Å²) in [5, 5.41) is 0.152. The number of hydrogen-bond donors (Lipinski definition) is 0. The molecule has 0 aliphatic carbocycles. The molecule has 1 amide bonds. The van der Waals surface area contributed by atoms with Crippen LogP contribution >= 0.6 is 11.6 Å². The predicted molar refractivity (Wildman–Crippen MR) is 173 cm³/mol. The molecule has 0 radical (unpaired) electrons. The van der Waals surface area contributed by atoms with Crippen molar-refractivity contribution in [2.24, 2.45) is 4.40 Å². The maximum absolute atomic E-state index is 15.0. The molecule has 1 aromatic heterocycles. The first kappa shape index (κ1) is 31.6. The van der Waals surface area contributed by atoms with E-state index in [1.54, 1.807) is 35.2 Å². The van der Waals surface area contributed by atoms with E-state index in [1.807, 2.05) is 56.8 Å². The number of halogens is 2. The van der Waals surface area contributed by atoms with E-state index in [0.717, 1.165) is 15.4 Å². The number of anilines is 2. The van der Waals surface area contributed by atoms with Crippen LogP contribution in [-0.2, 0) is 21.5 Å². The van der Waals surface area contributed by atoms with Gasteiger partial charge >= 0.3 is 10.2 Å². The van der Waals surface area contributed by atoms with Crippen molar-refractivity contribution in [1.29, 1.82) is 0 Å². The van der Waals surface area contributed by atoms with Gasteiger partial charge in [-0.15, -0.1) is 4.40 Å². The number of amidine groups is 1. The molecule has 0 bridgehead atoms. The molecular weight excluding hydrogens is 603 g/mol. The first-order chi connectivity index (χ1) is 20.8. The van der Waals surface area contributed by atoms with E-state index in [1.165, 1.54) is 12.1 Å². The number of rotatable bonds is 6. The Morgan fingerprint density at radius 1 is 1.16 bits per heavy atom. The number of piperazine rings is 1. The quantitative estimate of drug-likeness (QED) is 0.327. The SMILES string of the molecule is C=CC(=O)N1CCN(C2=NS(=O)(=O)N(c3ccc(CN(C)C)cc3C(C)C)c3nc(-c4ccccc4F)c(Cl)cc32)[C@@H](C)C1. The van der Waals surface area contributed by atoms with E-state index in [2.05, 4.69) is 11.0 Å². The molecule has 3 aromatic rings. The molecule has 232 valence electrons. The lowest BCUT2D eigenvalue weighted by molar-refractivity contribution is -0.128. The molecule has 44 heavy (non-hydrogen) atoms. The Bertz CT molecular complexity index is 1760. The maximum Gasteiger partial charge on any atom is 0.352 e. The summed E-state index contributed by atoms with van der Waals surface area (Å²) in [5.74, 6) is -0.506. The minimum Gasteiger partial charge on any atom is -0.349 e. The largest absolute Gasteiger partial charge is 0.352 e. The molecule has 1 atom stereocenters. The second-order valence-corrected chi connectivity index (χ2v) is 13.5. The molecule has 0 N–H and O–H groups in total. The Morgan fingerprint density at radius 2 is 1.89 bits per heavy atom. The van der Waals surface area contributed by atoms with Gasteiger partial charge in [0.2, 0.25) is 5.91 Å². The maximum atomic E-state index is 15.0. The molecule has 0 spiro atoms. The van der Waals surface area contributed by atoms with E-state index < -0.39 is 16.0 Å². The minimum absolute atomic E-state index is 0.0371. The predicted octanol–water partition coefficient (Wildman–Crippen LogP) is 5.59. The van der Waals surface area contributed by atoms with Crippen molar-refractivity contribution in [3.63, 3.8) is 0 Å². The zero-order valence-corrected chi connectivity index (χ0v) is 27.0. The number of benzene rings is 2. The first-order valence-electron chi connectivity index (χ1n) is 14.4.